The van der Waals surface area contributed by atoms with E-state index in [1.807, 2.05) is 0 Å². The van der Waals surface area contributed by atoms with Gasteiger partial charge in [-0.1, -0.05) is 6.92 Å². The van der Waals surface area contributed by atoms with Crippen LogP contribution in [0.15, 0.2) is 0 Å². The fourth-order valence-corrected chi connectivity index (χ4v) is 1.66. The maximum Gasteiger partial charge on any atom is 0.000661 e. The Morgan fingerprint density at radius 3 is 2.69 bits per heavy atom. The van der Waals surface area contributed by atoms with E-state index in [-0.39, 0.29) is 0 Å². The van der Waals surface area contributed by atoms with Gasteiger partial charge in [-0.15, -0.1) is 0 Å². The van der Waals surface area contributed by atoms with Crippen molar-refractivity contribution in [3.05, 3.63) is 0 Å². The molecule has 78 valence electrons. The van der Waals surface area contributed by atoms with Gasteiger partial charge in [0.05, 0.1) is 0 Å². The molecule has 2 N–H and O–H groups in total. The molecule has 1 rings (SSSR count). The summed E-state index contributed by atoms with van der Waals surface area (Å²) in [6.07, 6.45) is 5.51. The molecule has 0 bridgehead atoms. The molecule has 0 radical (unpaired) electrons. The SMILES string of the molecule is CC(CN)CCCN(C)CC1CC1. The van der Waals surface area contributed by atoms with E-state index in [0.29, 0.717) is 5.92 Å². The van der Waals surface area contributed by atoms with Crippen LogP contribution in [-0.4, -0.2) is 31.6 Å². The van der Waals surface area contributed by atoms with E-state index in [4.69, 9.17) is 5.73 Å². The standard InChI is InChI=1S/C11H24N2/c1-10(8-12)4-3-7-13(2)9-11-5-6-11/h10-11H,3-9,12H2,1-2H3. The third kappa shape index (κ3) is 5.27. The van der Waals surface area contributed by atoms with Crippen LogP contribution in [0.2, 0.25) is 0 Å². The number of nitrogens with zero attached hydrogens (tertiary/aromatic N) is 1. The van der Waals surface area contributed by atoms with Crippen molar-refractivity contribution >= 4 is 0 Å². The van der Waals surface area contributed by atoms with Crippen molar-refractivity contribution in [2.75, 3.05) is 26.7 Å². The molecule has 0 spiro atoms. The Balaban J connectivity index is 1.91. The molecule has 13 heavy (non-hydrogen) atoms. The van der Waals surface area contributed by atoms with E-state index in [2.05, 4.69) is 18.9 Å². The number of hydrogen-bond donors (Lipinski definition) is 1. The molecule has 1 aliphatic carbocycles. The first-order valence-corrected chi connectivity index (χ1v) is 5.61. The minimum Gasteiger partial charge on any atom is -0.330 e. The highest BCUT2D eigenvalue weighted by Crippen LogP contribution is 2.29. The quantitative estimate of drug-likeness (QED) is 0.652. The van der Waals surface area contributed by atoms with Crippen LogP contribution in [0.4, 0.5) is 0 Å². The molecule has 1 saturated carbocycles. The van der Waals surface area contributed by atoms with Crippen LogP contribution in [0.5, 0.6) is 0 Å². The van der Waals surface area contributed by atoms with Gasteiger partial charge in [0.15, 0.2) is 0 Å². The third-order valence-electron chi connectivity index (χ3n) is 2.91. The Morgan fingerprint density at radius 1 is 1.46 bits per heavy atom. The Labute approximate surface area is 82.5 Å². The topological polar surface area (TPSA) is 29.3 Å². The van der Waals surface area contributed by atoms with Gasteiger partial charge in [0.2, 0.25) is 0 Å². The van der Waals surface area contributed by atoms with Gasteiger partial charge >= 0.3 is 0 Å². The van der Waals surface area contributed by atoms with Gasteiger partial charge in [0.1, 0.15) is 0 Å². The van der Waals surface area contributed by atoms with E-state index < -0.39 is 0 Å². The predicted molar refractivity (Wildman–Crippen MR) is 57.7 cm³/mol. The zero-order valence-corrected chi connectivity index (χ0v) is 9.13. The minimum absolute atomic E-state index is 0.703. The Hall–Kier alpha value is -0.0800. The Bertz CT molecular complexity index is 132. The van der Waals surface area contributed by atoms with E-state index >= 15 is 0 Å². The summed E-state index contributed by atoms with van der Waals surface area (Å²) >= 11 is 0. The van der Waals surface area contributed by atoms with E-state index in [0.717, 1.165) is 12.5 Å². The summed E-state index contributed by atoms with van der Waals surface area (Å²) < 4.78 is 0. The molecule has 2 nitrogen and oxygen atoms in total. The van der Waals surface area contributed by atoms with Crippen molar-refractivity contribution < 1.29 is 0 Å². The molecule has 1 aliphatic rings. The lowest BCUT2D eigenvalue weighted by Crippen LogP contribution is -2.23. The minimum atomic E-state index is 0.703. The summed E-state index contributed by atoms with van der Waals surface area (Å²) in [5, 5.41) is 0. The molecule has 0 aromatic rings. The molecule has 0 aromatic carbocycles. The highest BCUT2D eigenvalue weighted by molar-refractivity contribution is 4.75. The van der Waals surface area contributed by atoms with Crippen molar-refractivity contribution in [3.8, 4) is 0 Å². The lowest BCUT2D eigenvalue weighted by atomic mass is 10.1. The van der Waals surface area contributed by atoms with Crippen molar-refractivity contribution in [2.45, 2.75) is 32.6 Å². The largest absolute Gasteiger partial charge is 0.330 e. The lowest BCUT2D eigenvalue weighted by Gasteiger charge is -2.17. The van der Waals surface area contributed by atoms with Crippen LogP contribution in [0, 0.1) is 11.8 Å². The molecular weight excluding hydrogens is 160 g/mol. The summed E-state index contributed by atoms with van der Waals surface area (Å²) in [6, 6.07) is 0. The first-order chi connectivity index (χ1) is 6.22. The van der Waals surface area contributed by atoms with Gasteiger partial charge in [-0.25, -0.2) is 0 Å². The van der Waals surface area contributed by atoms with Crippen LogP contribution in [0.3, 0.4) is 0 Å². The van der Waals surface area contributed by atoms with Crippen LogP contribution in [-0.2, 0) is 0 Å². The molecule has 1 atom stereocenters. The lowest BCUT2D eigenvalue weighted by molar-refractivity contribution is 0.304. The highest BCUT2D eigenvalue weighted by Gasteiger charge is 2.22. The zero-order chi connectivity index (χ0) is 9.68. The summed E-state index contributed by atoms with van der Waals surface area (Å²) in [6.45, 7) is 5.64. The number of rotatable bonds is 7. The summed E-state index contributed by atoms with van der Waals surface area (Å²) in [5.41, 5.74) is 5.57. The van der Waals surface area contributed by atoms with Crippen LogP contribution in [0.1, 0.15) is 32.6 Å². The molecule has 1 fully saturated rings. The molecular formula is C11H24N2. The molecule has 0 saturated heterocycles. The number of nitrogens with two attached hydrogens (primary N) is 1. The molecule has 0 amide bonds. The summed E-state index contributed by atoms with van der Waals surface area (Å²) in [7, 11) is 2.24. The molecule has 0 aromatic heterocycles. The monoisotopic (exact) mass is 184 g/mol. The first kappa shape index (κ1) is 11.0. The maximum absolute atomic E-state index is 5.57. The molecule has 2 heteroatoms. The van der Waals surface area contributed by atoms with E-state index in [9.17, 15) is 0 Å². The van der Waals surface area contributed by atoms with Crippen LogP contribution < -0.4 is 5.73 Å². The summed E-state index contributed by atoms with van der Waals surface area (Å²) in [5.74, 6) is 1.73. The van der Waals surface area contributed by atoms with Crippen molar-refractivity contribution in [2.24, 2.45) is 17.6 Å². The Morgan fingerprint density at radius 2 is 2.15 bits per heavy atom. The Kier molecular flexibility index (Phi) is 4.74. The number of hydrogen-bond acceptors (Lipinski definition) is 2. The van der Waals surface area contributed by atoms with Crippen LogP contribution in [0.25, 0.3) is 0 Å². The smallest absolute Gasteiger partial charge is 0.000661 e. The van der Waals surface area contributed by atoms with Gasteiger partial charge < -0.3 is 10.6 Å². The predicted octanol–water partition coefficient (Wildman–Crippen LogP) is 1.70. The van der Waals surface area contributed by atoms with Gasteiger partial charge in [0, 0.05) is 6.54 Å². The highest BCUT2D eigenvalue weighted by atomic mass is 15.1. The fraction of sp³-hybridized carbons (Fsp3) is 1.00. The molecule has 0 aliphatic heterocycles. The van der Waals surface area contributed by atoms with Crippen molar-refractivity contribution in [3.63, 3.8) is 0 Å². The molecule has 0 heterocycles. The maximum atomic E-state index is 5.57. The normalized spacial score (nSPS) is 19.4. The van der Waals surface area contributed by atoms with E-state index in [1.165, 1.54) is 38.8 Å². The second kappa shape index (κ2) is 5.61. The fourth-order valence-electron chi connectivity index (χ4n) is 1.66. The van der Waals surface area contributed by atoms with E-state index in [1.54, 1.807) is 0 Å². The van der Waals surface area contributed by atoms with Gasteiger partial charge in [-0.2, -0.15) is 0 Å². The average molecular weight is 184 g/mol. The summed E-state index contributed by atoms with van der Waals surface area (Å²) in [4.78, 5) is 2.47. The van der Waals surface area contributed by atoms with Gasteiger partial charge in [-0.05, 0) is 57.7 Å². The van der Waals surface area contributed by atoms with Crippen molar-refractivity contribution in [1.82, 2.24) is 4.90 Å². The zero-order valence-electron chi connectivity index (χ0n) is 9.13. The molecule has 1 unspecified atom stereocenters. The van der Waals surface area contributed by atoms with Crippen molar-refractivity contribution in [1.29, 1.82) is 0 Å². The third-order valence-corrected chi connectivity index (χ3v) is 2.91. The average Bonchev–Trinajstić information content (AvgIpc) is 2.88. The second-order valence-electron chi connectivity index (χ2n) is 4.69. The van der Waals surface area contributed by atoms with Gasteiger partial charge in [0.25, 0.3) is 0 Å². The van der Waals surface area contributed by atoms with Gasteiger partial charge in [-0.3, -0.25) is 0 Å². The van der Waals surface area contributed by atoms with Crippen LogP contribution >= 0.6 is 0 Å². The second-order valence-corrected chi connectivity index (χ2v) is 4.69. The first-order valence-electron chi connectivity index (χ1n) is 5.61.